The number of nitrogens with zero attached hydrogens (tertiary/aromatic N) is 1. The molecule has 2 unspecified atom stereocenters. The minimum Gasteiger partial charge on any atom is -0.314 e. The van der Waals surface area contributed by atoms with Crippen molar-refractivity contribution in [2.45, 2.75) is 45.6 Å². The van der Waals surface area contributed by atoms with E-state index >= 15 is 0 Å². The lowest BCUT2D eigenvalue weighted by atomic mass is 9.91. The minimum atomic E-state index is 0.706. The fourth-order valence-corrected chi connectivity index (χ4v) is 2.82. The molecule has 2 aliphatic rings. The molecule has 2 rings (SSSR count). The summed E-state index contributed by atoms with van der Waals surface area (Å²) in [7, 11) is 0. The molecular weight excluding hydrogens is 184 g/mol. The Bertz CT molecular complexity index is 189. The van der Waals surface area contributed by atoms with Crippen LogP contribution in [0.5, 0.6) is 0 Å². The fourth-order valence-electron chi connectivity index (χ4n) is 2.82. The molecule has 2 nitrogen and oxygen atoms in total. The third-order valence-corrected chi connectivity index (χ3v) is 3.99. The van der Waals surface area contributed by atoms with E-state index in [9.17, 15) is 0 Å². The van der Waals surface area contributed by atoms with Crippen LogP contribution >= 0.6 is 0 Å². The van der Waals surface area contributed by atoms with Gasteiger partial charge in [-0.1, -0.05) is 6.92 Å². The lowest BCUT2D eigenvalue weighted by molar-refractivity contribution is 0.146. The van der Waals surface area contributed by atoms with Crippen LogP contribution in [0.2, 0.25) is 0 Å². The highest BCUT2D eigenvalue weighted by molar-refractivity contribution is 4.84. The predicted octanol–water partition coefficient (Wildman–Crippen LogP) is 2.11. The zero-order valence-corrected chi connectivity index (χ0v) is 10.3. The van der Waals surface area contributed by atoms with E-state index in [2.05, 4.69) is 24.1 Å². The third kappa shape index (κ3) is 3.46. The van der Waals surface area contributed by atoms with Crippen molar-refractivity contribution >= 4 is 0 Å². The summed E-state index contributed by atoms with van der Waals surface area (Å²) in [5.74, 6) is 1.94. The molecule has 88 valence electrons. The molecular formula is C13H26N2. The molecule has 0 spiro atoms. The van der Waals surface area contributed by atoms with Crippen LogP contribution in [0.1, 0.15) is 39.5 Å². The number of hydrogen-bond acceptors (Lipinski definition) is 2. The molecule has 0 aromatic heterocycles. The molecule has 1 saturated heterocycles. The van der Waals surface area contributed by atoms with Crippen molar-refractivity contribution in [1.82, 2.24) is 10.2 Å². The van der Waals surface area contributed by atoms with Crippen LogP contribution in [0.15, 0.2) is 0 Å². The first kappa shape index (κ1) is 11.4. The maximum atomic E-state index is 3.58. The Morgan fingerprint density at radius 2 is 2.13 bits per heavy atom. The highest BCUT2D eigenvalue weighted by atomic mass is 15.1. The van der Waals surface area contributed by atoms with Gasteiger partial charge < -0.3 is 10.2 Å². The van der Waals surface area contributed by atoms with Gasteiger partial charge in [0.2, 0.25) is 0 Å². The van der Waals surface area contributed by atoms with Crippen molar-refractivity contribution in [1.29, 1.82) is 0 Å². The molecule has 0 aromatic carbocycles. The summed E-state index contributed by atoms with van der Waals surface area (Å²) in [5, 5.41) is 3.58. The van der Waals surface area contributed by atoms with Crippen LogP contribution in [0.25, 0.3) is 0 Å². The van der Waals surface area contributed by atoms with E-state index < -0.39 is 0 Å². The Kier molecular flexibility index (Phi) is 4.04. The summed E-state index contributed by atoms with van der Waals surface area (Å²) in [4.78, 5) is 2.71. The van der Waals surface area contributed by atoms with Crippen molar-refractivity contribution in [2.24, 2.45) is 11.8 Å². The van der Waals surface area contributed by atoms with Gasteiger partial charge in [-0.15, -0.1) is 0 Å². The van der Waals surface area contributed by atoms with Gasteiger partial charge in [0, 0.05) is 19.1 Å². The Balaban J connectivity index is 1.74. The molecule has 1 N–H and O–H groups in total. The second kappa shape index (κ2) is 5.31. The van der Waals surface area contributed by atoms with Crippen molar-refractivity contribution in [3.63, 3.8) is 0 Å². The Labute approximate surface area is 94.4 Å². The summed E-state index contributed by atoms with van der Waals surface area (Å²) in [5.41, 5.74) is 0. The third-order valence-electron chi connectivity index (χ3n) is 3.99. The van der Waals surface area contributed by atoms with Gasteiger partial charge in [-0.05, 0) is 57.5 Å². The average molecular weight is 210 g/mol. The molecule has 1 heterocycles. The molecule has 0 amide bonds. The average Bonchev–Trinajstić information content (AvgIpc) is 3.03. The minimum absolute atomic E-state index is 0.706. The first-order valence-corrected chi connectivity index (χ1v) is 6.75. The van der Waals surface area contributed by atoms with Crippen molar-refractivity contribution in [3.05, 3.63) is 0 Å². The SMILES string of the molecule is CCNC(C)C1CCCN(CC2CC2)C1. The zero-order valence-electron chi connectivity index (χ0n) is 10.3. The second-order valence-electron chi connectivity index (χ2n) is 5.45. The summed E-state index contributed by atoms with van der Waals surface area (Å²) in [6, 6.07) is 0.706. The van der Waals surface area contributed by atoms with E-state index in [1.807, 2.05) is 0 Å². The van der Waals surface area contributed by atoms with E-state index in [0.717, 1.165) is 18.4 Å². The van der Waals surface area contributed by atoms with Gasteiger partial charge in [0.1, 0.15) is 0 Å². The van der Waals surface area contributed by atoms with Gasteiger partial charge in [-0.2, -0.15) is 0 Å². The number of piperidine rings is 1. The number of hydrogen-bond donors (Lipinski definition) is 1. The van der Waals surface area contributed by atoms with E-state index in [0.29, 0.717) is 6.04 Å². The quantitative estimate of drug-likeness (QED) is 0.747. The molecule has 15 heavy (non-hydrogen) atoms. The maximum absolute atomic E-state index is 3.58. The van der Waals surface area contributed by atoms with Gasteiger partial charge >= 0.3 is 0 Å². The lowest BCUT2D eigenvalue weighted by Crippen LogP contribution is -2.44. The van der Waals surface area contributed by atoms with Crippen molar-refractivity contribution in [2.75, 3.05) is 26.2 Å². The summed E-state index contributed by atoms with van der Waals surface area (Å²) in [6.07, 6.45) is 5.82. The topological polar surface area (TPSA) is 15.3 Å². The number of nitrogens with one attached hydrogen (secondary N) is 1. The second-order valence-corrected chi connectivity index (χ2v) is 5.45. The largest absolute Gasteiger partial charge is 0.314 e. The molecule has 1 saturated carbocycles. The van der Waals surface area contributed by atoms with Crippen LogP contribution in [0, 0.1) is 11.8 Å². The molecule has 0 bridgehead atoms. The van der Waals surface area contributed by atoms with Crippen LogP contribution < -0.4 is 5.32 Å². The van der Waals surface area contributed by atoms with E-state index in [1.54, 1.807) is 0 Å². The van der Waals surface area contributed by atoms with Crippen LogP contribution in [-0.2, 0) is 0 Å². The van der Waals surface area contributed by atoms with Gasteiger partial charge in [0.15, 0.2) is 0 Å². The van der Waals surface area contributed by atoms with E-state index in [4.69, 9.17) is 0 Å². The monoisotopic (exact) mass is 210 g/mol. The molecule has 1 aliphatic carbocycles. The first-order valence-electron chi connectivity index (χ1n) is 6.75. The van der Waals surface area contributed by atoms with Crippen LogP contribution in [-0.4, -0.2) is 37.1 Å². The maximum Gasteiger partial charge on any atom is 0.00791 e. The highest BCUT2D eigenvalue weighted by Gasteiger charge is 2.29. The Hall–Kier alpha value is -0.0800. The van der Waals surface area contributed by atoms with Crippen LogP contribution in [0.3, 0.4) is 0 Å². The van der Waals surface area contributed by atoms with Crippen molar-refractivity contribution in [3.8, 4) is 0 Å². The standard InChI is InChI=1S/C13H26N2/c1-3-14-11(2)13-5-4-8-15(10-13)9-12-6-7-12/h11-14H,3-10H2,1-2H3. The Morgan fingerprint density at radius 1 is 1.33 bits per heavy atom. The van der Waals surface area contributed by atoms with Gasteiger partial charge in [-0.25, -0.2) is 0 Å². The molecule has 2 atom stereocenters. The summed E-state index contributed by atoms with van der Waals surface area (Å²) >= 11 is 0. The molecule has 0 aromatic rings. The molecule has 2 heteroatoms. The van der Waals surface area contributed by atoms with E-state index in [1.165, 1.54) is 45.3 Å². The predicted molar refractivity (Wildman–Crippen MR) is 65.0 cm³/mol. The normalized spacial score (nSPS) is 30.4. The zero-order chi connectivity index (χ0) is 10.7. The number of rotatable bonds is 5. The van der Waals surface area contributed by atoms with Crippen molar-refractivity contribution < 1.29 is 0 Å². The Morgan fingerprint density at radius 3 is 2.80 bits per heavy atom. The number of likely N-dealkylation sites (tertiary alicyclic amines) is 1. The van der Waals surface area contributed by atoms with E-state index in [-0.39, 0.29) is 0 Å². The van der Waals surface area contributed by atoms with Crippen LogP contribution in [0.4, 0.5) is 0 Å². The lowest BCUT2D eigenvalue weighted by Gasteiger charge is -2.36. The molecule has 0 radical (unpaired) electrons. The summed E-state index contributed by atoms with van der Waals surface area (Å²) in [6.45, 7) is 9.75. The molecule has 2 fully saturated rings. The summed E-state index contributed by atoms with van der Waals surface area (Å²) < 4.78 is 0. The van der Waals surface area contributed by atoms with Gasteiger partial charge in [0.05, 0.1) is 0 Å². The molecule has 1 aliphatic heterocycles. The van der Waals surface area contributed by atoms with Gasteiger partial charge in [0.25, 0.3) is 0 Å². The van der Waals surface area contributed by atoms with Gasteiger partial charge in [-0.3, -0.25) is 0 Å². The highest BCUT2D eigenvalue weighted by Crippen LogP contribution is 2.31. The smallest absolute Gasteiger partial charge is 0.00791 e. The first-order chi connectivity index (χ1) is 7.29. The fraction of sp³-hybridized carbons (Fsp3) is 1.00.